The minimum atomic E-state index is -0.217. The number of hydrogen-bond donors (Lipinski definition) is 0. The predicted octanol–water partition coefficient (Wildman–Crippen LogP) is 24.6. The van der Waals surface area contributed by atoms with Crippen molar-refractivity contribution in [2.24, 2.45) is 0 Å². The van der Waals surface area contributed by atoms with E-state index >= 15 is 0 Å². The molecule has 0 atom stereocenters. The van der Waals surface area contributed by atoms with Gasteiger partial charge in [0.1, 0.15) is 0 Å². The smallest absolute Gasteiger partial charge is 0.0468 e. The maximum atomic E-state index is 2.50. The van der Waals surface area contributed by atoms with Crippen LogP contribution in [0.5, 0.6) is 0 Å². The van der Waals surface area contributed by atoms with Crippen molar-refractivity contribution in [3.8, 4) is 44.5 Å². The van der Waals surface area contributed by atoms with Crippen LogP contribution in [-0.4, -0.2) is 0 Å². The molecule has 0 radical (unpaired) electrons. The number of para-hydroxylation sites is 1. The fourth-order valence-corrected chi connectivity index (χ4v) is 15.4. The van der Waals surface area contributed by atoms with Gasteiger partial charge in [-0.3, -0.25) is 0 Å². The molecular formula is C87H66N2. The third-order valence-corrected chi connectivity index (χ3v) is 20.1. The molecule has 0 bridgehead atoms. The van der Waals surface area contributed by atoms with E-state index in [0.717, 1.165) is 34.1 Å². The van der Waals surface area contributed by atoms with Gasteiger partial charge in [-0.2, -0.15) is 0 Å². The molecule has 0 spiro atoms. The second-order valence-electron chi connectivity index (χ2n) is 26.3. The number of anilines is 6. The Hall–Kier alpha value is -10.5. The fourth-order valence-electron chi connectivity index (χ4n) is 15.4. The summed E-state index contributed by atoms with van der Waals surface area (Å²) in [6, 6.07) is 108. The molecule has 0 saturated heterocycles. The lowest BCUT2D eigenvalue weighted by molar-refractivity contribution is 0.661. The van der Waals surface area contributed by atoms with Crippen molar-refractivity contribution in [1.82, 2.24) is 0 Å². The van der Waals surface area contributed by atoms with Gasteiger partial charge in [-0.1, -0.05) is 217 Å². The zero-order valence-electron chi connectivity index (χ0n) is 51.1. The molecule has 15 aromatic rings. The molecule has 0 aromatic heterocycles. The van der Waals surface area contributed by atoms with Crippen molar-refractivity contribution >= 4 is 98.8 Å². The van der Waals surface area contributed by atoms with Gasteiger partial charge >= 0.3 is 0 Å². The standard InChI is InChI=1S/C87H66N2/c1-54(2)55-32-34-67(35-33-55)89(71-37-41-73-77-47-61-23-15-17-25-63(61)49-81(77)87(5,6)83(73)53-71)69-39-43-75-79(51-69)85(65-31-29-57-19-11-13-21-59(57)45-65)74-42-38-68(50-78(74)84(75)64-30-28-56-18-10-12-20-58(56)44-64)88(66-26-8-7-9-27-66)70-36-40-72-76-46-60-22-14-16-24-62(60)48-80(76)86(3,4)82(72)52-70/h7-54H,1-6H3. The monoisotopic (exact) mass is 1140 g/mol. The number of rotatable bonds is 9. The van der Waals surface area contributed by atoms with Crippen molar-refractivity contribution in [3.05, 3.63) is 313 Å². The molecule has 424 valence electrons. The molecule has 0 saturated carbocycles. The van der Waals surface area contributed by atoms with E-state index in [1.54, 1.807) is 0 Å². The van der Waals surface area contributed by atoms with Gasteiger partial charge in [-0.15, -0.1) is 0 Å². The van der Waals surface area contributed by atoms with Crippen LogP contribution >= 0.6 is 0 Å². The maximum absolute atomic E-state index is 2.50. The van der Waals surface area contributed by atoms with E-state index in [2.05, 4.69) is 336 Å². The summed E-state index contributed by atoms with van der Waals surface area (Å²) in [5, 5.41) is 14.7. The summed E-state index contributed by atoms with van der Waals surface area (Å²) < 4.78 is 0. The highest BCUT2D eigenvalue weighted by Crippen LogP contribution is 2.55. The predicted molar refractivity (Wildman–Crippen MR) is 381 cm³/mol. The van der Waals surface area contributed by atoms with Gasteiger partial charge in [0.15, 0.2) is 0 Å². The quantitative estimate of drug-likeness (QED) is 0.133. The fraction of sp³-hybridized carbons (Fsp3) is 0.103. The lowest BCUT2D eigenvalue weighted by atomic mass is 9.81. The summed E-state index contributed by atoms with van der Waals surface area (Å²) in [5.41, 5.74) is 23.0. The molecule has 0 fully saturated rings. The van der Waals surface area contributed by atoms with Gasteiger partial charge in [-0.05, 0) is 252 Å². The Morgan fingerprint density at radius 3 is 1.01 bits per heavy atom. The zero-order chi connectivity index (χ0) is 59.9. The Bertz CT molecular complexity index is 5410. The Labute approximate surface area is 521 Å². The Balaban J connectivity index is 0.918. The average molecular weight is 1140 g/mol. The van der Waals surface area contributed by atoms with Crippen LogP contribution in [0.15, 0.2) is 285 Å². The third-order valence-electron chi connectivity index (χ3n) is 20.1. The average Bonchev–Trinajstić information content (AvgIpc) is 1.73. The first-order chi connectivity index (χ1) is 43.4. The van der Waals surface area contributed by atoms with Crippen LogP contribution in [0.2, 0.25) is 0 Å². The molecule has 89 heavy (non-hydrogen) atoms. The zero-order valence-corrected chi connectivity index (χ0v) is 51.1. The SMILES string of the molecule is CC(C)c1ccc(N(c2ccc3c(c2)C(C)(C)c2cc4ccccc4cc2-3)c2ccc3c(-c4ccc5ccccc5c4)c4cc(N(c5ccccc5)c5ccc6c(c5)C(C)(C)c5cc7ccccc7cc5-6)ccc4c(-c4ccc5ccccc5c4)c3c2)cc1. The van der Waals surface area contributed by atoms with Gasteiger partial charge in [-0.25, -0.2) is 0 Å². The summed E-state index contributed by atoms with van der Waals surface area (Å²) in [4.78, 5) is 4.98. The summed E-state index contributed by atoms with van der Waals surface area (Å²) >= 11 is 0. The summed E-state index contributed by atoms with van der Waals surface area (Å²) in [6.45, 7) is 14.2. The van der Waals surface area contributed by atoms with Crippen LogP contribution in [0, 0.1) is 0 Å². The van der Waals surface area contributed by atoms with E-state index in [1.165, 1.54) is 137 Å². The molecule has 0 amide bonds. The van der Waals surface area contributed by atoms with Crippen LogP contribution in [0.3, 0.4) is 0 Å². The van der Waals surface area contributed by atoms with E-state index in [-0.39, 0.29) is 10.8 Å². The molecule has 2 aliphatic rings. The van der Waals surface area contributed by atoms with Crippen LogP contribution in [0.25, 0.3) is 109 Å². The van der Waals surface area contributed by atoms with E-state index in [4.69, 9.17) is 0 Å². The molecule has 0 N–H and O–H groups in total. The summed E-state index contributed by atoms with van der Waals surface area (Å²) in [7, 11) is 0. The van der Waals surface area contributed by atoms with Gasteiger partial charge < -0.3 is 9.80 Å². The minimum Gasteiger partial charge on any atom is -0.310 e. The van der Waals surface area contributed by atoms with Crippen LogP contribution in [0.4, 0.5) is 34.1 Å². The molecule has 2 nitrogen and oxygen atoms in total. The minimum absolute atomic E-state index is 0.210. The lowest BCUT2D eigenvalue weighted by Gasteiger charge is -2.30. The van der Waals surface area contributed by atoms with Crippen molar-refractivity contribution in [2.45, 2.75) is 58.3 Å². The van der Waals surface area contributed by atoms with E-state index in [9.17, 15) is 0 Å². The molecule has 0 heterocycles. The highest BCUT2D eigenvalue weighted by atomic mass is 15.1. The summed E-state index contributed by atoms with van der Waals surface area (Å²) in [5.74, 6) is 0.402. The Morgan fingerprint density at radius 1 is 0.247 bits per heavy atom. The maximum Gasteiger partial charge on any atom is 0.0468 e. The van der Waals surface area contributed by atoms with Crippen molar-refractivity contribution in [3.63, 3.8) is 0 Å². The number of benzene rings is 15. The lowest BCUT2D eigenvalue weighted by Crippen LogP contribution is -2.16. The third kappa shape index (κ3) is 8.38. The van der Waals surface area contributed by atoms with E-state index < -0.39 is 0 Å². The van der Waals surface area contributed by atoms with Crippen molar-refractivity contribution < 1.29 is 0 Å². The number of fused-ring (bicyclic) bond motifs is 12. The first kappa shape index (κ1) is 52.8. The number of hydrogen-bond acceptors (Lipinski definition) is 2. The second-order valence-corrected chi connectivity index (χ2v) is 26.3. The van der Waals surface area contributed by atoms with E-state index in [0.29, 0.717) is 5.92 Å². The molecule has 17 rings (SSSR count). The van der Waals surface area contributed by atoms with E-state index in [1.807, 2.05) is 0 Å². The van der Waals surface area contributed by atoms with Crippen molar-refractivity contribution in [2.75, 3.05) is 9.80 Å². The highest BCUT2D eigenvalue weighted by molar-refractivity contribution is 6.23. The second kappa shape index (κ2) is 20.0. The summed E-state index contributed by atoms with van der Waals surface area (Å²) in [6.07, 6.45) is 0. The van der Waals surface area contributed by atoms with Gasteiger partial charge in [0.2, 0.25) is 0 Å². The van der Waals surface area contributed by atoms with Gasteiger partial charge in [0.05, 0.1) is 0 Å². The van der Waals surface area contributed by atoms with Gasteiger partial charge in [0, 0.05) is 45.0 Å². The Morgan fingerprint density at radius 2 is 0.584 bits per heavy atom. The molecular weight excluding hydrogens is 1070 g/mol. The molecule has 0 aliphatic heterocycles. The van der Waals surface area contributed by atoms with Gasteiger partial charge in [0.25, 0.3) is 0 Å². The Kier molecular flexibility index (Phi) is 11.9. The molecule has 2 heteroatoms. The molecule has 0 unspecified atom stereocenters. The van der Waals surface area contributed by atoms with Crippen LogP contribution in [0.1, 0.15) is 75.3 Å². The first-order valence-electron chi connectivity index (χ1n) is 31.6. The highest BCUT2D eigenvalue weighted by Gasteiger charge is 2.38. The van der Waals surface area contributed by atoms with Crippen molar-refractivity contribution in [1.29, 1.82) is 0 Å². The van der Waals surface area contributed by atoms with Crippen LogP contribution < -0.4 is 9.80 Å². The topological polar surface area (TPSA) is 6.48 Å². The molecule has 2 aliphatic carbocycles. The van der Waals surface area contributed by atoms with Crippen LogP contribution in [-0.2, 0) is 10.8 Å². The normalized spacial score (nSPS) is 13.6. The largest absolute Gasteiger partial charge is 0.310 e. The number of nitrogens with zero attached hydrogens (tertiary/aromatic N) is 2. The molecule has 15 aromatic carbocycles. The first-order valence-corrected chi connectivity index (χ1v) is 31.6.